The Hall–Kier alpha value is -3.54. The first kappa shape index (κ1) is 31.7. The van der Waals surface area contributed by atoms with Gasteiger partial charge in [-0.05, 0) is 38.2 Å². The van der Waals surface area contributed by atoms with Gasteiger partial charge in [-0.25, -0.2) is 4.79 Å². The first-order valence-corrected chi connectivity index (χ1v) is 12.6. The lowest BCUT2D eigenvalue weighted by atomic mass is 9.85. The Balaban J connectivity index is 2.58. The summed E-state index contributed by atoms with van der Waals surface area (Å²) in [5, 5.41) is 13.6. The van der Waals surface area contributed by atoms with Crippen molar-refractivity contribution in [3.8, 4) is 0 Å². The van der Waals surface area contributed by atoms with Gasteiger partial charge < -0.3 is 36.1 Å². The standard InChI is InChI=1S/C28H39N3O8/c1-14-10-18-23(29)20(32)13-19(25(18)34)31-27(35)15(2)8-7-9-21(37-5)26(39-28(30)36)17(4)12-16(3)24(33)22(11-14)38-6/h7-9,12-14,16,21-22,24,26,33H,10-11,29H2,1-6H3,(H2,30,36)(H,31,35)/b9-7+,15-8-,17-12+/t14-,16+,21+,22?,24-,26?/m1/s1. The first-order valence-electron chi connectivity index (χ1n) is 12.6. The van der Waals surface area contributed by atoms with Crippen molar-refractivity contribution in [1.82, 2.24) is 5.32 Å². The molecule has 2 unspecified atom stereocenters. The minimum Gasteiger partial charge on any atom is -0.439 e. The summed E-state index contributed by atoms with van der Waals surface area (Å²) in [4.78, 5) is 50.1. The predicted octanol–water partition coefficient (Wildman–Crippen LogP) is 1.72. The summed E-state index contributed by atoms with van der Waals surface area (Å²) in [5.74, 6) is -2.37. The lowest BCUT2D eigenvalue weighted by Crippen LogP contribution is -2.37. The van der Waals surface area contributed by atoms with Gasteiger partial charge in [0.1, 0.15) is 6.10 Å². The quantitative estimate of drug-likeness (QED) is 0.303. The van der Waals surface area contributed by atoms with Crippen LogP contribution in [0.25, 0.3) is 0 Å². The molecule has 0 aromatic carbocycles. The van der Waals surface area contributed by atoms with E-state index in [1.807, 2.05) is 6.92 Å². The molecule has 0 spiro atoms. The second-order valence-corrected chi connectivity index (χ2v) is 9.97. The van der Waals surface area contributed by atoms with Crippen LogP contribution < -0.4 is 16.8 Å². The molecule has 2 bridgehead atoms. The fraction of sp³-hybridized carbons (Fsp3) is 0.500. The van der Waals surface area contributed by atoms with E-state index in [4.69, 9.17) is 25.7 Å². The van der Waals surface area contributed by atoms with Gasteiger partial charge >= 0.3 is 6.09 Å². The number of allylic oxidation sites excluding steroid dienone is 4. The maximum absolute atomic E-state index is 13.2. The molecule has 0 radical (unpaired) electrons. The Bertz CT molecular complexity index is 1130. The molecular weight excluding hydrogens is 506 g/mol. The van der Waals surface area contributed by atoms with Crippen LogP contribution in [0.15, 0.2) is 58.5 Å². The Morgan fingerprint density at radius 3 is 2.38 bits per heavy atom. The highest BCUT2D eigenvalue weighted by atomic mass is 16.6. The second kappa shape index (κ2) is 14.0. The number of hydrogen-bond donors (Lipinski definition) is 4. The number of Topliss-reactive ketones (excluding diaryl/α,β-unsaturated/α-hetero) is 1. The van der Waals surface area contributed by atoms with E-state index < -0.39 is 53.9 Å². The lowest BCUT2D eigenvalue weighted by molar-refractivity contribution is -0.120. The average Bonchev–Trinajstić information content (AvgIpc) is 2.88. The monoisotopic (exact) mass is 545 g/mol. The number of nitrogens with one attached hydrogen (secondary N) is 1. The molecule has 11 nitrogen and oxygen atoms in total. The van der Waals surface area contributed by atoms with Gasteiger partial charge in [0.05, 0.1) is 23.6 Å². The van der Waals surface area contributed by atoms with Gasteiger partial charge in [0.25, 0.3) is 5.91 Å². The normalized spacial score (nSPS) is 33.3. The van der Waals surface area contributed by atoms with E-state index in [-0.39, 0.29) is 34.9 Å². The van der Waals surface area contributed by atoms with E-state index in [0.29, 0.717) is 12.0 Å². The van der Waals surface area contributed by atoms with Crippen LogP contribution in [0.4, 0.5) is 4.79 Å². The average molecular weight is 546 g/mol. The van der Waals surface area contributed by atoms with Crippen molar-refractivity contribution in [2.75, 3.05) is 14.2 Å². The molecule has 2 amide bonds. The zero-order valence-corrected chi connectivity index (χ0v) is 23.2. The summed E-state index contributed by atoms with van der Waals surface area (Å²) in [7, 11) is 2.90. The molecule has 0 fully saturated rings. The van der Waals surface area contributed by atoms with Crippen LogP contribution in [-0.4, -0.2) is 67.3 Å². The van der Waals surface area contributed by atoms with Gasteiger partial charge in [0.15, 0.2) is 6.10 Å². The van der Waals surface area contributed by atoms with E-state index in [1.165, 1.54) is 33.3 Å². The zero-order valence-electron chi connectivity index (χ0n) is 23.2. The highest BCUT2D eigenvalue weighted by molar-refractivity contribution is 6.23. The number of hydrogen-bond acceptors (Lipinski definition) is 9. The van der Waals surface area contributed by atoms with Crippen molar-refractivity contribution in [1.29, 1.82) is 0 Å². The molecule has 1 aliphatic carbocycles. The van der Waals surface area contributed by atoms with Gasteiger partial charge in [0.2, 0.25) is 11.6 Å². The molecule has 0 aromatic heterocycles. The van der Waals surface area contributed by atoms with E-state index >= 15 is 0 Å². The molecule has 39 heavy (non-hydrogen) atoms. The predicted molar refractivity (Wildman–Crippen MR) is 144 cm³/mol. The molecule has 6 atom stereocenters. The van der Waals surface area contributed by atoms with Crippen LogP contribution in [-0.2, 0) is 28.6 Å². The maximum Gasteiger partial charge on any atom is 0.405 e. The minimum absolute atomic E-state index is 0.104. The Kier molecular flexibility index (Phi) is 11.4. The highest BCUT2D eigenvalue weighted by Crippen LogP contribution is 2.28. The van der Waals surface area contributed by atoms with Crippen LogP contribution in [0.1, 0.15) is 40.5 Å². The molecule has 1 aliphatic heterocycles. The van der Waals surface area contributed by atoms with Crippen molar-refractivity contribution in [2.45, 2.75) is 65.0 Å². The summed E-state index contributed by atoms with van der Waals surface area (Å²) in [6, 6.07) is 0. The fourth-order valence-corrected chi connectivity index (χ4v) is 4.61. The maximum atomic E-state index is 13.2. The van der Waals surface area contributed by atoms with Crippen molar-refractivity contribution in [2.24, 2.45) is 23.3 Å². The Morgan fingerprint density at radius 2 is 1.79 bits per heavy atom. The number of carbonyl (C=O) groups is 4. The Labute approximate surface area is 228 Å². The number of rotatable bonds is 3. The molecule has 0 saturated carbocycles. The number of fused-ring (bicyclic) bond motifs is 2. The van der Waals surface area contributed by atoms with Gasteiger partial charge in [-0.3, -0.25) is 14.4 Å². The second-order valence-electron chi connectivity index (χ2n) is 9.97. The molecule has 0 aromatic rings. The molecule has 0 saturated heterocycles. The Morgan fingerprint density at radius 1 is 1.13 bits per heavy atom. The van der Waals surface area contributed by atoms with Crippen molar-refractivity contribution < 1.29 is 38.5 Å². The van der Waals surface area contributed by atoms with Gasteiger partial charge in [-0.2, -0.15) is 0 Å². The van der Waals surface area contributed by atoms with Crippen molar-refractivity contribution in [3.63, 3.8) is 0 Å². The number of methoxy groups -OCH3 is 2. The number of ketones is 2. The van der Waals surface area contributed by atoms with Crippen molar-refractivity contribution >= 4 is 23.6 Å². The molecular formula is C28H39N3O8. The first-order chi connectivity index (χ1) is 18.3. The molecule has 214 valence electrons. The summed E-state index contributed by atoms with van der Waals surface area (Å²) in [5.41, 5.74) is 11.9. The van der Waals surface area contributed by atoms with Crippen LogP contribution in [0.2, 0.25) is 0 Å². The van der Waals surface area contributed by atoms with Crippen LogP contribution in [0.3, 0.4) is 0 Å². The largest absolute Gasteiger partial charge is 0.439 e. The van der Waals surface area contributed by atoms with Crippen LogP contribution >= 0.6 is 0 Å². The molecule has 11 heteroatoms. The van der Waals surface area contributed by atoms with E-state index in [1.54, 1.807) is 26.0 Å². The van der Waals surface area contributed by atoms with Gasteiger partial charge in [-0.15, -0.1) is 0 Å². The summed E-state index contributed by atoms with van der Waals surface area (Å²) in [6.07, 6.45) is 3.55. The third-order valence-corrected chi connectivity index (χ3v) is 6.84. The molecule has 6 N–H and O–H groups in total. The smallest absolute Gasteiger partial charge is 0.405 e. The topological polar surface area (TPSA) is 180 Å². The summed E-state index contributed by atoms with van der Waals surface area (Å²) in [6.45, 7) is 6.89. The zero-order chi connectivity index (χ0) is 29.4. The van der Waals surface area contributed by atoms with E-state index in [9.17, 15) is 24.3 Å². The van der Waals surface area contributed by atoms with Crippen LogP contribution in [0.5, 0.6) is 0 Å². The molecule has 2 aliphatic rings. The number of ether oxygens (including phenoxy) is 3. The number of carbonyl (C=O) groups excluding carboxylic acids is 4. The highest BCUT2D eigenvalue weighted by Gasteiger charge is 2.32. The summed E-state index contributed by atoms with van der Waals surface area (Å²) < 4.78 is 16.4. The minimum atomic E-state index is -1.00. The number of aliphatic hydroxyl groups excluding tert-OH is 1. The number of primary amides is 1. The molecule has 2 rings (SSSR count). The number of nitrogens with two attached hydrogens (primary N) is 2. The van der Waals surface area contributed by atoms with E-state index in [2.05, 4.69) is 5.32 Å². The third kappa shape index (κ3) is 8.22. The number of amides is 2. The summed E-state index contributed by atoms with van der Waals surface area (Å²) >= 11 is 0. The third-order valence-electron chi connectivity index (χ3n) is 6.84. The van der Waals surface area contributed by atoms with Gasteiger partial charge in [-0.1, -0.05) is 38.2 Å². The van der Waals surface area contributed by atoms with E-state index in [0.717, 1.165) is 6.08 Å². The number of aliphatic hydroxyl groups is 1. The molecule has 1 heterocycles. The van der Waals surface area contributed by atoms with Crippen LogP contribution in [0, 0.1) is 11.8 Å². The lowest BCUT2D eigenvalue weighted by Gasteiger charge is -2.29. The SMILES string of the molecule is COC1C[C@H](C)CC2=C(N)C(=O)C=C(NC(=O)/C(C)=C\C=C\[C@H](OC)C(OC(N)=O)/C(C)=C/[C@H](C)[C@H]1O)C2=O. The van der Waals surface area contributed by atoms with Crippen molar-refractivity contribution in [3.05, 3.63) is 58.5 Å². The fourth-order valence-electron chi connectivity index (χ4n) is 4.61. The van der Waals surface area contributed by atoms with Gasteiger partial charge in [0, 0.05) is 37.4 Å².